The van der Waals surface area contributed by atoms with Gasteiger partial charge in [0.2, 0.25) is 0 Å². The SMILES string of the molecule is BrC1=C[C@H]2C(Br)=NN[C@H]2C=C1. The molecule has 58 valence electrons. The second-order valence-electron chi connectivity index (χ2n) is 2.53. The molecule has 0 aromatic heterocycles. The Morgan fingerprint density at radius 2 is 2.27 bits per heavy atom. The van der Waals surface area contributed by atoms with Crippen molar-refractivity contribution in [2.45, 2.75) is 6.04 Å². The van der Waals surface area contributed by atoms with Crippen LogP contribution >= 0.6 is 31.9 Å². The van der Waals surface area contributed by atoms with Gasteiger partial charge in [0.15, 0.2) is 0 Å². The summed E-state index contributed by atoms with van der Waals surface area (Å²) in [5.74, 6) is 0.370. The molecule has 2 nitrogen and oxygen atoms in total. The monoisotopic (exact) mass is 276 g/mol. The summed E-state index contributed by atoms with van der Waals surface area (Å²) in [7, 11) is 0. The van der Waals surface area contributed by atoms with Gasteiger partial charge in [0, 0.05) is 4.48 Å². The van der Waals surface area contributed by atoms with Gasteiger partial charge in [-0.15, -0.1) is 0 Å². The Morgan fingerprint density at radius 3 is 3.09 bits per heavy atom. The van der Waals surface area contributed by atoms with E-state index in [9.17, 15) is 0 Å². The van der Waals surface area contributed by atoms with Crippen LogP contribution in [0.15, 0.2) is 27.8 Å². The van der Waals surface area contributed by atoms with Crippen molar-refractivity contribution in [3.8, 4) is 0 Å². The third kappa shape index (κ3) is 1.29. The number of hydrazone groups is 1. The van der Waals surface area contributed by atoms with Crippen LogP contribution in [-0.4, -0.2) is 10.7 Å². The summed E-state index contributed by atoms with van der Waals surface area (Å²) in [5, 5.41) is 4.08. The van der Waals surface area contributed by atoms with E-state index >= 15 is 0 Å². The van der Waals surface area contributed by atoms with Gasteiger partial charge in [-0.3, -0.25) is 0 Å². The topological polar surface area (TPSA) is 24.4 Å². The third-order valence-electron chi connectivity index (χ3n) is 1.78. The number of rotatable bonds is 0. The van der Waals surface area contributed by atoms with Gasteiger partial charge in [-0.25, -0.2) is 0 Å². The molecule has 11 heavy (non-hydrogen) atoms. The fourth-order valence-corrected chi connectivity index (χ4v) is 2.15. The van der Waals surface area contributed by atoms with Crippen LogP contribution in [0, 0.1) is 5.92 Å². The number of hydrogen-bond acceptors (Lipinski definition) is 2. The van der Waals surface area contributed by atoms with Crippen LogP contribution in [0.5, 0.6) is 0 Å². The zero-order valence-corrected chi connectivity index (χ0v) is 8.76. The summed E-state index contributed by atoms with van der Waals surface area (Å²) in [6, 6.07) is 0.339. The molecule has 4 heteroatoms. The lowest BCUT2D eigenvalue weighted by atomic mass is 9.98. The van der Waals surface area contributed by atoms with Gasteiger partial charge in [0.25, 0.3) is 0 Å². The Hall–Kier alpha value is -0.0900. The minimum atomic E-state index is 0.339. The number of hydrogen-bond donors (Lipinski definition) is 1. The lowest BCUT2D eigenvalue weighted by molar-refractivity contribution is 0.621. The third-order valence-corrected chi connectivity index (χ3v) is 3.02. The molecule has 0 spiro atoms. The molecule has 0 saturated heterocycles. The van der Waals surface area contributed by atoms with Gasteiger partial charge in [-0.05, 0) is 15.9 Å². The van der Waals surface area contributed by atoms with E-state index in [1.54, 1.807) is 0 Å². The highest BCUT2D eigenvalue weighted by molar-refractivity contribution is 9.18. The Morgan fingerprint density at radius 1 is 1.45 bits per heavy atom. The zero-order valence-electron chi connectivity index (χ0n) is 5.59. The fourth-order valence-electron chi connectivity index (χ4n) is 1.20. The van der Waals surface area contributed by atoms with Crippen molar-refractivity contribution in [3.63, 3.8) is 0 Å². The maximum Gasteiger partial charge on any atom is 0.112 e. The van der Waals surface area contributed by atoms with E-state index in [1.807, 2.05) is 6.08 Å². The van der Waals surface area contributed by atoms with E-state index in [2.05, 4.69) is 54.5 Å². The van der Waals surface area contributed by atoms with Gasteiger partial charge in [-0.2, -0.15) is 5.10 Å². The Bertz CT molecular complexity index is 268. The van der Waals surface area contributed by atoms with E-state index < -0.39 is 0 Å². The van der Waals surface area contributed by atoms with Crippen LogP contribution in [0.4, 0.5) is 0 Å². The smallest absolute Gasteiger partial charge is 0.112 e. The van der Waals surface area contributed by atoms with Crippen LogP contribution in [0.2, 0.25) is 0 Å². The van der Waals surface area contributed by atoms with Crippen LogP contribution in [0.1, 0.15) is 0 Å². The molecule has 1 aliphatic carbocycles. The van der Waals surface area contributed by atoms with Crippen LogP contribution in [-0.2, 0) is 0 Å². The van der Waals surface area contributed by atoms with Crippen molar-refractivity contribution in [3.05, 3.63) is 22.7 Å². The highest BCUT2D eigenvalue weighted by Gasteiger charge is 2.28. The minimum absolute atomic E-state index is 0.339. The highest BCUT2D eigenvalue weighted by atomic mass is 79.9. The molecule has 0 fully saturated rings. The molecule has 1 N–H and O–H groups in total. The van der Waals surface area contributed by atoms with Crippen LogP contribution in [0.25, 0.3) is 0 Å². The predicted molar refractivity (Wildman–Crippen MR) is 52.9 cm³/mol. The lowest BCUT2D eigenvalue weighted by Crippen LogP contribution is -2.26. The molecule has 0 saturated carbocycles. The maximum atomic E-state index is 4.08. The van der Waals surface area contributed by atoms with E-state index in [0.717, 1.165) is 9.10 Å². The average Bonchev–Trinajstić information content (AvgIpc) is 2.33. The zero-order chi connectivity index (χ0) is 7.84. The summed E-state index contributed by atoms with van der Waals surface area (Å²) in [6.07, 6.45) is 6.28. The number of nitrogens with one attached hydrogen (secondary N) is 1. The molecule has 2 atom stereocenters. The first-order chi connectivity index (χ1) is 5.27. The molecule has 2 aliphatic rings. The summed E-state index contributed by atoms with van der Waals surface area (Å²) < 4.78 is 2.10. The van der Waals surface area contributed by atoms with E-state index in [0.29, 0.717) is 12.0 Å². The summed E-state index contributed by atoms with van der Waals surface area (Å²) in [5.41, 5.74) is 3.02. The summed E-state index contributed by atoms with van der Waals surface area (Å²) in [4.78, 5) is 0. The quantitative estimate of drug-likeness (QED) is 0.721. The Kier molecular flexibility index (Phi) is 1.89. The van der Waals surface area contributed by atoms with Crippen LogP contribution in [0.3, 0.4) is 0 Å². The number of halogens is 2. The van der Waals surface area contributed by atoms with Crippen molar-refractivity contribution >= 4 is 36.5 Å². The van der Waals surface area contributed by atoms with Crippen molar-refractivity contribution in [1.29, 1.82) is 0 Å². The molecule has 0 amide bonds. The molecule has 0 aromatic rings. The molecule has 0 aromatic carbocycles. The van der Waals surface area contributed by atoms with Crippen molar-refractivity contribution < 1.29 is 0 Å². The average molecular weight is 278 g/mol. The first-order valence-corrected chi connectivity index (χ1v) is 4.90. The number of fused-ring (bicyclic) bond motifs is 1. The Balaban J connectivity index is 2.29. The van der Waals surface area contributed by atoms with Gasteiger partial charge in [0.05, 0.1) is 12.0 Å². The second kappa shape index (κ2) is 2.75. The van der Waals surface area contributed by atoms with Crippen molar-refractivity contribution in [2.24, 2.45) is 11.0 Å². The van der Waals surface area contributed by atoms with E-state index in [1.165, 1.54) is 0 Å². The molecular weight excluding hydrogens is 272 g/mol. The normalized spacial score (nSPS) is 34.0. The largest absolute Gasteiger partial charge is 0.301 e. The lowest BCUT2D eigenvalue weighted by Gasteiger charge is -2.15. The molecule has 0 unspecified atom stereocenters. The van der Waals surface area contributed by atoms with Gasteiger partial charge < -0.3 is 5.43 Å². The molecule has 2 rings (SSSR count). The molecule has 1 aliphatic heterocycles. The fraction of sp³-hybridized carbons (Fsp3) is 0.286. The standard InChI is InChI=1S/C7H6Br2N2/c8-4-1-2-6-5(3-4)7(9)11-10-6/h1-3,5-6,10H/t5-,6+/m1/s1. The van der Waals surface area contributed by atoms with Gasteiger partial charge >= 0.3 is 0 Å². The molecular formula is C7H6Br2N2. The first kappa shape index (κ1) is 7.55. The molecule has 0 radical (unpaired) electrons. The minimum Gasteiger partial charge on any atom is -0.301 e. The van der Waals surface area contributed by atoms with Crippen LogP contribution < -0.4 is 5.43 Å². The molecule has 1 heterocycles. The highest BCUT2D eigenvalue weighted by Crippen LogP contribution is 2.27. The predicted octanol–water partition coefficient (Wildman–Crippen LogP) is 2.13. The second-order valence-corrected chi connectivity index (χ2v) is 4.25. The van der Waals surface area contributed by atoms with Gasteiger partial charge in [-0.1, -0.05) is 34.2 Å². The first-order valence-electron chi connectivity index (χ1n) is 3.31. The Labute approximate surface area is 81.7 Å². The molecule has 0 bridgehead atoms. The van der Waals surface area contributed by atoms with E-state index in [-0.39, 0.29) is 0 Å². The van der Waals surface area contributed by atoms with E-state index in [4.69, 9.17) is 0 Å². The van der Waals surface area contributed by atoms with Crippen molar-refractivity contribution in [2.75, 3.05) is 0 Å². The van der Waals surface area contributed by atoms with Crippen molar-refractivity contribution in [1.82, 2.24) is 5.43 Å². The maximum absolute atomic E-state index is 4.08. The summed E-state index contributed by atoms with van der Waals surface area (Å²) >= 11 is 6.82. The van der Waals surface area contributed by atoms with Gasteiger partial charge in [0.1, 0.15) is 4.62 Å². The number of allylic oxidation sites excluding steroid dienone is 2. The number of nitrogens with zero attached hydrogens (tertiary/aromatic N) is 1. The summed E-state index contributed by atoms with van der Waals surface area (Å²) in [6.45, 7) is 0.